The highest BCUT2D eigenvalue weighted by Crippen LogP contribution is 2.26. The molecule has 0 bridgehead atoms. The number of aryl methyl sites for hydroxylation is 2. The molecule has 2 nitrogen and oxygen atoms in total. The first-order valence-electron chi connectivity index (χ1n) is 5.44. The normalized spacial score (nSPS) is 9.71. The van der Waals surface area contributed by atoms with Gasteiger partial charge in [-0.3, -0.25) is 0 Å². The van der Waals surface area contributed by atoms with Crippen molar-refractivity contribution in [3.8, 4) is 17.6 Å². The third-order valence-electron chi connectivity index (χ3n) is 2.47. The molecule has 0 saturated heterocycles. The van der Waals surface area contributed by atoms with Crippen molar-refractivity contribution in [2.24, 2.45) is 0 Å². The van der Waals surface area contributed by atoms with Crippen LogP contribution >= 0.6 is 0 Å². The summed E-state index contributed by atoms with van der Waals surface area (Å²) in [5.74, 6) is 1.36. The van der Waals surface area contributed by atoms with Gasteiger partial charge in [-0.1, -0.05) is 18.2 Å². The van der Waals surface area contributed by atoms with Gasteiger partial charge < -0.3 is 4.74 Å². The molecule has 2 aromatic carbocycles. The molecule has 0 saturated carbocycles. The molecule has 0 atom stereocenters. The molecule has 0 spiro atoms. The summed E-state index contributed by atoms with van der Waals surface area (Å²) in [4.78, 5) is 0. The predicted molar refractivity (Wildman–Crippen MR) is 67.1 cm³/mol. The summed E-state index contributed by atoms with van der Waals surface area (Å²) in [6, 6.07) is 15.5. The third-order valence-corrected chi connectivity index (χ3v) is 2.47. The summed E-state index contributed by atoms with van der Waals surface area (Å²) in [6.45, 7) is 3.96. The molecule has 0 N–H and O–H groups in total. The quantitative estimate of drug-likeness (QED) is 0.771. The second-order valence-corrected chi connectivity index (χ2v) is 4.03. The number of hydrogen-bond donors (Lipinski definition) is 0. The standard InChI is InChI=1S/C15H13NO/c1-11-4-3-5-14(9-11)17-15-7-6-12(2)8-13(15)10-16/h3-9H,1-2H3. The third kappa shape index (κ3) is 2.64. The molecule has 0 fully saturated rings. The van der Waals surface area contributed by atoms with E-state index in [-0.39, 0.29) is 0 Å². The van der Waals surface area contributed by atoms with Crippen molar-refractivity contribution in [3.63, 3.8) is 0 Å². The SMILES string of the molecule is Cc1cccc(Oc2ccc(C)cc2C#N)c1. The Labute approximate surface area is 101 Å². The van der Waals surface area contributed by atoms with Gasteiger partial charge in [0.05, 0.1) is 5.56 Å². The summed E-state index contributed by atoms with van der Waals surface area (Å²) in [5.41, 5.74) is 2.75. The maximum absolute atomic E-state index is 9.05. The van der Waals surface area contributed by atoms with Crippen LogP contribution in [0.3, 0.4) is 0 Å². The van der Waals surface area contributed by atoms with Crippen LogP contribution in [0.5, 0.6) is 11.5 Å². The highest BCUT2D eigenvalue weighted by Gasteiger charge is 2.04. The Morgan fingerprint density at radius 2 is 1.76 bits per heavy atom. The molecule has 84 valence electrons. The minimum Gasteiger partial charge on any atom is -0.456 e. The number of ether oxygens (including phenoxy) is 1. The molecule has 0 unspecified atom stereocenters. The number of hydrogen-bond acceptors (Lipinski definition) is 2. The maximum Gasteiger partial charge on any atom is 0.145 e. The summed E-state index contributed by atoms with van der Waals surface area (Å²) in [7, 11) is 0. The topological polar surface area (TPSA) is 33.0 Å². The van der Waals surface area contributed by atoms with E-state index in [0.29, 0.717) is 11.3 Å². The first-order valence-corrected chi connectivity index (χ1v) is 5.44. The molecule has 0 aliphatic heterocycles. The minimum absolute atomic E-state index is 0.562. The smallest absolute Gasteiger partial charge is 0.145 e. The first kappa shape index (κ1) is 11.2. The molecule has 2 heteroatoms. The fourth-order valence-electron chi connectivity index (χ4n) is 1.63. The molecule has 0 amide bonds. The van der Waals surface area contributed by atoms with Crippen LogP contribution in [0.15, 0.2) is 42.5 Å². The number of nitrogens with zero attached hydrogens (tertiary/aromatic N) is 1. The van der Waals surface area contributed by atoms with E-state index in [9.17, 15) is 0 Å². The Bertz CT molecular complexity index is 582. The molecule has 0 aliphatic rings. The Balaban J connectivity index is 2.34. The summed E-state index contributed by atoms with van der Waals surface area (Å²) < 4.78 is 5.71. The van der Waals surface area contributed by atoms with Gasteiger partial charge >= 0.3 is 0 Å². The zero-order chi connectivity index (χ0) is 12.3. The van der Waals surface area contributed by atoms with Crippen LogP contribution in [0.1, 0.15) is 16.7 Å². The lowest BCUT2D eigenvalue weighted by Crippen LogP contribution is -1.89. The van der Waals surface area contributed by atoms with Crippen LogP contribution in [0, 0.1) is 25.2 Å². The second-order valence-electron chi connectivity index (χ2n) is 4.03. The summed E-state index contributed by atoms with van der Waals surface area (Å²) in [5, 5.41) is 9.05. The van der Waals surface area contributed by atoms with E-state index in [1.54, 1.807) is 0 Å². The Morgan fingerprint density at radius 3 is 2.47 bits per heavy atom. The van der Waals surface area contributed by atoms with Gasteiger partial charge in [-0.15, -0.1) is 0 Å². The highest BCUT2D eigenvalue weighted by atomic mass is 16.5. The van der Waals surface area contributed by atoms with Crippen LogP contribution in [-0.4, -0.2) is 0 Å². The van der Waals surface area contributed by atoms with Crippen molar-refractivity contribution >= 4 is 0 Å². The summed E-state index contributed by atoms with van der Waals surface area (Å²) >= 11 is 0. The number of nitriles is 1. The van der Waals surface area contributed by atoms with Gasteiger partial charge in [0.15, 0.2) is 0 Å². The first-order chi connectivity index (χ1) is 8.19. The molecule has 0 aliphatic carbocycles. The maximum atomic E-state index is 9.05. The Kier molecular flexibility index (Phi) is 3.11. The van der Waals surface area contributed by atoms with Crippen molar-refractivity contribution in [3.05, 3.63) is 59.2 Å². The zero-order valence-electron chi connectivity index (χ0n) is 9.90. The van der Waals surface area contributed by atoms with E-state index in [4.69, 9.17) is 10.00 Å². The van der Waals surface area contributed by atoms with Crippen LogP contribution in [0.25, 0.3) is 0 Å². The largest absolute Gasteiger partial charge is 0.456 e. The fourth-order valence-corrected chi connectivity index (χ4v) is 1.63. The van der Waals surface area contributed by atoms with Crippen LogP contribution < -0.4 is 4.74 Å². The highest BCUT2D eigenvalue weighted by molar-refractivity contribution is 5.47. The molecule has 0 radical (unpaired) electrons. The van der Waals surface area contributed by atoms with Crippen LogP contribution in [-0.2, 0) is 0 Å². The molecule has 0 aromatic heterocycles. The average molecular weight is 223 g/mol. The number of rotatable bonds is 2. The monoisotopic (exact) mass is 223 g/mol. The van der Waals surface area contributed by atoms with Gasteiger partial charge in [-0.25, -0.2) is 0 Å². The van der Waals surface area contributed by atoms with Gasteiger partial charge in [0.1, 0.15) is 17.6 Å². The van der Waals surface area contributed by atoms with E-state index >= 15 is 0 Å². The minimum atomic E-state index is 0.562. The molecule has 0 heterocycles. The lowest BCUT2D eigenvalue weighted by atomic mass is 10.1. The van der Waals surface area contributed by atoms with Crippen molar-refractivity contribution in [2.45, 2.75) is 13.8 Å². The predicted octanol–water partition coefficient (Wildman–Crippen LogP) is 3.97. The fraction of sp³-hybridized carbons (Fsp3) is 0.133. The van der Waals surface area contributed by atoms with Crippen LogP contribution in [0.4, 0.5) is 0 Å². The van der Waals surface area contributed by atoms with Crippen molar-refractivity contribution < 1.29 is 4.74 Å². The molecular weight excluding hydrogens is 210 g/mol. The molecule has 2 rings (SSSR count). The number of benzene rings is 2. The van der Waals surface area contributed by atoms with E-state index in [1.807, 2.05) is 56.3 Å². The van der Waals surface area contributed by atoms with Crippen molar-refractivity contribution in [1.82, 2.24) is 0 Å². The Morgan fingerprint density at radius 1 is 1.00 bits per heavy atom. The lowest BCUT2D eigenvalue weighted by molar-refractivity contribution is 0.480. The van der Waals surface area contributed by atoms with Gasteiger partial charge in [-0.2, -0.15) is 5.26 Å². The van der Waals surface area contributed by atoms with Gasteiger partial charge in [0.2, 0.25) is 0 Å². The van der Waals surface area contributed by atoms with E-state index < -0.39 is 0 Å². The zero-order valence-corrected chi connectivity index (χ0v) is 9.90. The van der Waals surface area contributed by atoms with E-state index in [2.05, 4.69) is 6.07 Å². The van der Waals surface area contributed by atoms with Gasteiger partial charge in [0, 0.05) is 0 Å². The molecular formula is C15H13NO. The Hall–Kier alpha value is -2.27. The van der Waals surface area contributed by atoms with Crippen LogP contribution in [0.2, 0.25) is 0 Å². The second kappa shape index (κ2) is 4.71. The summed E-state index contributed by atoms with van der Waals surface area (Å²) in [6.07, 6.45) is 0. The van der Waals surface area contributed by atoms with Gasteiger partial charge in [0.25, 0.3) is 0 Å². The molecule has 17 heavy (non-hydrogen) atoms. The van der Waals surface area contributed by atoms with E-state index in [0.717, 1.165) is 16.9 Å². The van der Waals surface area contributed by atoms with Gasteiger partial charge in [-0.05, 0) is 49.2 Å². The van der Waals surface area contributed by atoms with Crippen molar-refractivity contribution in [2.75, 3.05) is 0 Å². The molecule has 2 aromatic rings. The van der Waals surface area contributed by atoms with Crippen molar-refractivity contribution in [1.29, 1.82) is 5.26 Å². The average Bonchev–Trinajstić information content (AvgIpc) is 2.31. The lowest BCUT2D eigenvalue weighted by Gasteiger charge is -2.08. The van der Waals surface area contributed by atoms with E-state index in [1.165, 1.54) is 0 Å².